The normalized spacial score (nSPS) is 19.2. The summed E-state index contributed by atoms with van der Waals surface area (Å²) >= 11 is 0. The molecule has 0 saturated heterocycles. The summed E-state index contributed by atoms with van der Waals surface area (Å²) in [6.07, 6.45) is 20.1. The molecular formula is C27H39FN2. The Kier molecular flexibility index (Phi) is 9.29. The number of hydrogen-bond donors (Lipinski definition) is 0. The zero-order valence-corrected chi connectivity index (χ0v) is 19.0. The third kappa shape index (κ3) is 6.89. The first-order valence-corrected chi connectivity index (χ1v) is 12.3. The monoisotopic (exact) mass is 410 g/mol. The van der Waals surface area contributed by atoms with Crippen LogP contribution in [0.15, 0.2) is 30.6 Å². The van der Waals surface area contributed by atoms with Gasteiger partial charge < -0.3 is 0 Å². The minimum Gasteiger partial charge on any atom is -0.236 e. The Hall–Kier alpha value is -1.77. The Labute approximate surface area is 182 Å². The zero-order chi connectivity index (χ0) is 21.2. The van der Waals surface area contributed by atoms with Crippen molar-refractivity contribution in [3.63, 3.8) is 0 Å². The summed E-state index contributed by atoms with van der Waals surface area (Å²) in [4.78, 5) is 8.79. The van der Waals surface area contributed by atoms with Crippen LogP contribution in [0.2, 0.25) is 0 Å². The second-order valence-electron chi connectivity index (χ2n) is 9.25. The molecule has 3 rings (SSSR count). The first kappa shape index (κ1) is 22.9. The van der Waals surface area contributed by atoms with E-state index in [1.54, 1.807) is 6.07 Å². The molecule has 1 aromatic heterocycles. The van der Waals surface area contributed by atoms with Crippen LogP contribution in [-0.2, 0) is 12.8 Å². The number of rotatable bonds is 11. The molecule has 2 aromatic rings. The first-order valence-electron chi connectivity index (χ1n) is 12.3. The van der Waals surface area contributed by atoms with E-state index in [9.17, 15) is 4.39 Å². The molecule has 3 heteroatoms. The topological polar surface area (TPSA) is 25.8 Å². The van der Waals surface area contributed by atoms with Gasteiger partial charge in [0.2, 0.25) is 0 Å². The van der Waals surface area contributed by atoms with Crippen LogP contribution in [0.5, 0.6) is 0 Å². The van der Waals surface area contributed by atoms with Crippen molar-refractivity contribution in [2.24, 2.45) is 11.8 Å². The van der Waals surface area contributed by atoms with E-state index in [1.165, 1.54) is 57.8 Å². The van der Waals surface area contributed by atoms with Crippen LogP contribution in [0.1, 0.15) is 95.6 Å². The Morgan fingerprint density at radius 1 is 0.800 bits per heavy atom. The molecule has 0 amide bonds. The van der Waals surface area contributed by atoms with Gasteiger partial charge in [0.15, 0.2) is 5.82 Å². The van der Waals surface area contributed by atoms with Gasteiger partial charge in [-0.1, -0.05) is 77.7 Å². The van der Waals surface area contributed by atoms with E-state index < -0.39 is 0 Å². The van der Waals surface area contributed by atoms with E-state index in [4.69, 9.17) is 0 Å². The minimum absolute atomic E-state index is 0.201. The van der Waals surface area contributed by atoms with Gasteiger partial charge in [0.05, 0.1) is 5.56 Å². The van der Waals surface area contributed by atoms with E-state index in [0.29, 0.717) is 11.4 Å². The van der Waals surface area contributed by atoms with E-state index >= 15 is 0 Å². The summed E-state index contributed by atoms with van der Waals surface area (Å²) in [5.74, 6) is 2.06. The van der Waals surface area contributed by atoms with Gasteiger partial charge in [0.1, 0.15) is 5.82 Å². The lowest BCUT2D eigenvalue weighted by atomic mass is 9.78. The zero-order valence-electron chi connectivity index (χ0n) is 19.0. The third-order valence-corrected chi connectivity index (χ3v) is 6.82. The molecular weight excluding hydrogens is 371 g/mol. The number of hydrogen-bond acceptors (Lipinski definition) is 2. The molecule has 0 N–H and O–H groups in total. The smallest absolute Gasteiger partial charge is 0.162 e. The second kappa shape index (κ2) is 12.2. The summed E-state index contributed by atoms with van der Waals surface area (Å²) < 4.78 is 14.7. The van der Waals surface area contributed by atoms with Crippen molar-refractivity contribution in [1.29, 1.82) is 0 Å². The van der Waals surface area contributed by atoms with Crippen molar-refractivity contribution < 1.29 is 4.39 Å². The van der Waals surface area contributed by atoms with E-state index in [1.807, 2.05) is 18.5 Å². The fraction of sp³-hybridized carbons (Fsp3) is 0.630. The maximum absolute atomic E-state index is 14.7. The Balaban J connectivity index is 1.48. The lowest BCUT2D eigenvalue weighted by molar-refractivity contribution is 0.249. The van der Waals surface area contributed by atoms with Crippen molar-refractivity contribution in [2.75, 3.05) is 0 Å². The molecule has 1 fully saturated rings. The summed E-state index contributed by atoms with van der Waals surface area (Å²) in [6, 6.07) is 5.61. The molecule has 0 bridgehead atoms. The standard InChI is InChI=1S/C27H39FN2/c1-3-5-7-9-21-10-12-22(13-11-21)14-15-23-16-17-25(26(28)18-23)27-29-19-24(20-30-27)8-6-4-2/h16-22H,3-15H2,1-2H3. The minimum atomic E-state index is -0.201. The summed E-state index contributed by atoms with van der Waals surface area (Å²) in [5, 5.41) is 0. The highest BCUT2D eigenvalue weighted by Gasteiger charge is 2.20. The SMILES string of the molecule is CCCCCC1CCC(CCc2ccc(-c3ncc(CCCC)cn3)c(F)c2)CC1. The van der Waals surface area contributed by atoms with Crippen molar-refractivity contribution in [3.8, 4) is 11.4 Å². The van der Waals surface area contributed by atoms with E-state index in [2.05, 4.69) is 29.9 Å². The van der Waals surface area contributed by atoms with E-state index in [0.717, 1.165) is 48.6 Å². The van der Waals surface area contributed by atoms with Crippen molar-refractivity contribution in [3.05, 3.63) is 47.5 Å². The molecule has 1 aromatic carbocycles. The van der Waals surface area contributed by atoms with Gasteiger partial charge in [-0.25, -0.2) is 14.4 Å². The highest BCUT2D eigenvalue weighted by Crippen LogP contribution is 2.34. The lowest BCUT2D eigenvalue weighted by Crippen LogP contribution is -2.15. The molecule has 164 valence electrons. The quantitative estimate of drug-likeness (QED) is 0.351. The molecule has 2 nitrogen and oxygen atoms in total. The number of unbranched alkanes of at least 4 members (excludes halogenated alkanes) is 3. The Morgan fingerprint density at radius 2 is 1.47 bits per heavy atom. The van der Waals surface area contributed by atoms with Gasteiger partial charge in [-0.05, 0) is 60.8 Å². The highest BCUT2D eigenvalue weighted by molar-refractivity contribution is 5.56. The largest absolute Gasteiger partial charge is 0.236 e. The number of halogens is 1. The van der Waals surface area contributed by atoms with Crippen LogP contribution in [0, 0.1) is 17.7 Å². The summed E-state index contributed by atoms with van der Waals surface area (Å²) in [5.41, 5.74) is 2.73. The summed E-state index contributed by atoms with van der Waals surface area (Å²) in [6.45, 7) is 4.45. The van der Waals surface area contributed by atoms with Crippen molar-refractivity contribution in [2.45, 2.75) is 97.3 Å². The van der Waals surface area contributed by atoms with Crippen LogP contribution in [0.4, 0.5) is 4.39 Å². The predicted molar refractivity (Wildman–Crippen MR) is 124 cm³/mol. The van der Waals surface area contributed by atoms with Crippen LogP contribution in [0.3, 0.4) is 0 Å². The van der Waals surface area contributed by atoms with Gasteiger partial charge in [0.25, 0.3) is 0 Å². The van der Waals surface area contributed by atoms with Crippen LogP contribution < -0.4 is 0 Å². The lowest BCUT2D eigenvalue weighted by Gasteiger charge is -2.28. The molecule has 0 spiro atoms. The maximum atomic E-state index is 14.7. The Morgan fingerprint density at radius 3 is 2.10 bits per heavy atom. The average Bonchev–Trinajstić information content (AvgIpc) is 2.78. The molecule has 0 radical (unpaired) electrons. The van der Waals surface area contributed by atoms with Gasteiger partial charge >= 0.3 is 0 Å². The molecule has 0 atom stereocenters. The first-order chi connectivity index (χ1) is 14.7. The number of aryl methyl sites for hydroxylation is 2. The fourth-order valence-corrected chi connectivity index (χ4v) is 4.76. The van der Waals surface area contributed by atoms with Gasteiger partial charge in [-0.2, -0.15) is 0 Å². The van der Waals surface area contributed by atoms with Crippen LogP contribution >= 0.6 is 0 Å². The maximum Gasteiger partial charge on any atom is 0.162 e. The van der Waals surface area contributed by atoms with Crippen molar-refractivity contribution >= 4 is 0 Å². The summed E-state index contributed by atoms with van der Waals surface area (Å²) in [7, 11) is 0. The number of benzene rings is 1. The third-order valence-electron chi connectivity index (χ3n) is 6.82. The van der Waals surface area contributed by atoms with Gasteiger partial charge in [0, 0.05) is 12.4 Å². The molecule has 1 aliphatic carbocycles. The van der Waals surface area contributed by atoms with Crippen LogP contribution in [-0.4, -0.2) is 9.97 Å². The van der Waals surface area contributed by atoms with Gasteiger partial charge in [-0.15, -0.1) is 0 Å². The highest BCUT2D eigenvalue weighted by atomic mass is 19.1. The number of aromatic nitrogens is 2. The molecule has 30 heavy (non-hydrogen) atoms. The molecule has 0 unspecified atom stereocenters. The van der Waals surface area contributed by atoms with Gasteiger partial charge in [-0.3, -0.25) is 0 Å². The van der Waals surface area contributed by atoms with Crippen LogP contribution in [0.25, 0.3) is 11.4 Å². The fourth-order valence-electron chi connectivity index (χ4n) is 4.76. The number of nitrogens with zero attached hydrogens (tertiary/aromatic N) is 2. The second-order valence-corrected chi connectivity index (χ2v) is 9.25. The molecule has 1 saturated carbocycles. The molecule has 0 aliphatic heterocycles. The van der Waals surface area contributed by atoms with E-state index in [-0.39, 0.29) is 5.82 Å². The molecule has 1 heterocycles. The molecule has 1 aliphatic rings. The Bertz CT molecular complexity index is 748. The average molecular weight is 411 g/mol. The van der Waals surface area contributed by atoms with Crippen molar-refractivity contribution in [1.82, 2.24) is 9.97 Å². The predicted octanol–water partition coefficient (Wildman–Crippen LogP) is 7.94.